The molecule has 0 amide bonds. The zero-order valence-corrected chi connectivity index (χ0v) is 11.6. The molecule has 0 aliphatic heterocycles. The van der Waals surface area contributed by atoms with E-state index in [2.05, 4.69) is 5.16 Å². The Morgan fingerprint density at radius 2 is 2.24 bits per heavy atom. The van der Waals surface area contributed by atoms with Crippen molar-refractivity contribution in [3.63, 3.8) is 0 Å². The van der Waals surface area contributed by atoms with Crippen LogP contribution in [0.25, 0.3) is 6.08 Å². The highest BCUT2D eigenvalue weighted by Gasteiger charge is 2.11. The molecule has 0 fully saturated rings. The molecule has 0 spiro atoms. The molecule has 0 atom stereocenters. The van der Waals surface area contributed by atoms with Gasteiger partial charge in [0, 0.05) is 6.08 Å². The summed E-state index contributed by atoms with van der Waals surface area (Å²) in [6.45, 7) is 3.70. The average molecular weight is 291 g/mol. The lowest BCUT2D eigenvalue weighted by atomic mass is 10.2. The van der Waals surface area contributed by atoms with Gasteiger partial charge in [-0.15, -0.1) is 0 Å². The Hall–Kier alpha value is -2.63. The van der Waals surface area contributed by atoms with E-state index in [-0.39, 0.29) is 12.4 Å². The van der Waals surface area contributed by atoms with E-state index in [4.69, 9.17) is 14.4 Å². The normalized spacial score (nSPS) is 11.0. The van der Waals surface area contributed by atoms with E-state index in [0.717, 1.165) is 11.6 Å². The molecule has 1 heterocycles. The monoisotopic (exact) mass is 291 g/mol. The summed E-state index contributed by atoms with van der Waals surface area (Å²) in [5, 5.41) is 12.3. The summed E-state index contributed by atoms with van der Waals surface area (Å²) in [5.41, 5.74) is 1.93. The van der Waals surface area contributed by atoms with Gasteiger partial charge in [0.1, 0.15) is 12.4 Å². The highest BCUT2D eigenvalue weighted by atomic mass is 19.1. The Labute approximate surface area is 120 Å². The van der Waals surface area contributed by atoms with E-state index in [1.54, 1.807) is 19.9 Å². The zero-order valence-electron chi connectivity index (χ0n) is 11.6. The number of carboxylic acid groups (broad SMARTS) is 1. The van der Waals surface area contributed by atoms with Gasteiger partial charge >= 0.3 is 5.97 Å². The van der Waals surface area contributed by atoms with Crippen LogP contribution in [0.4, 0.5) is 4.39 Å². The number of aromatic nitrogens is 1. The molecule has 1 aromatic heterocycles. The number of halogens is 1. The van der Waals surface area contributed by atoms with Crippen LogP contribution in [-0.4, -0.2) is 16.2 Å². The van der Waals surface area contributed by atoms with Crippen molar-refractivity contribution in [3.05, 3.63) is 52.7 Å². The summed E-state index contributed by atoms with van der Waals surface area (Å²) < 4.78 is 24.3. The van der Waals surface area contributed by atoms with Crippen LogP contribution in [-0.2, 0) is 11.4 Å². The summed E-state index contributed by atoms with van der Waals surface area (Å²) in [7, 11) is 0. The minimum Gasteiger partial charge on any atom is -0.486 e. The first-order valence-corrected chi connectivity index (χ1v) is 6.22. The summed E-state index contributed by atoms with van der Waals surface area (Å²) in [4.78, 5) is 10.4. The molecule has 0 saturated carbocycles. The molecular weight excluding hydrogens is 277 g/mol. The molecule has 0 saturated heterocycles. The molecule has 0 bridgehead atoms. The second-order valence-corrected chi connectivity index (χ2v) is 4.45. The molecule has 2 rings (SSSR count). The molecular formula is C15H14FNO4. The van der Waals surface area contributed by atoms with Gasteiger partial charge in [0.05, 0.1) is 11.3 Å². The van der Waals surface area contributed by atoms with Crippen molar-refractivity contribution in [2.75, 3.05) is 0 Å². The van der Waals surface area contributed by atoms with E-state index in [1.807, 2.05) is 0 Å². The van der Waals surface area contributed by atoms with E-state index in [9.17, 15) is 9.18 Å². The van der Waals surface area contributed by atoms with Crippen molar-refractivity contribution >= 4 is 12.0 Å². The van der Waals surface area contributed by atoms with Crippen LogP contribution in [0.2, 0.25) is 0 Å². The Morgan fingerprint density at radius 1 is 1.48 bits per heavy atom. The average Bonchev–Trinajstić information content (AvgIpc) is 2.75. The fourth-order valence-electron chi connectivity index (χ4n) is 1.76. The Kier molecular flexibility index (Phi) is 4.37. The number of benzene rings is 1. The molecule has 0 aliphatic rings. The quantitative estimate of drug-likeness (QED) is 0.857. The third kappa shape index (κ3) is 3.68. The van der Waals surface area contributed by atoms with Crippen molar-refractivity contribution in [3.8, 4) is 5.75 Å². The first kappa shape index (κ1) is 14.8. The van der Waals surface area contributed by atoms with Gasteiger partial charge in [0.15, 0.2) is 11.6 Å². The highest BCUT2D eigenvalue weighted by molar-refractivity contribution is 5.85. The number of aliphatic carboxylic acids is 1. The molecule has 0 unspecified atom stereocenters. The minimum atomic E-state index is -1.09. The number of nitrogens with zero attached hydrogens (tertiary/aromatic N) is 1. The number of hydrogen-bond donors (Lipinski definition) is 1. The lowest BCUT2D eigenvalue weighted by Gasteiger charge is -2.07. The summed E-state index contributed by atoms with van der Waals surface area (Å²) in [5.74, 6) is -0.931. The molecule has 5 nitrogen and oxygen atoms in total. The third-order valence-electron chi connectivity index (χ3n) is 2.93. The van der Waals surface area contributed by atoms with Crippen LogP contribution >= 0.6 is 0 Å². The Bertz CT molecular complexity index is 671. The Morgan fingerprint density at radius 3 is 2.81 bits per heavy atom. The maximum Gasteiger partial charge on any atom is 0.328 e. The maximum absolute atomic E-state index is 13.9. The second-order valence-electron chi connectivity index (χ2n) is 4.45. The number of hydrogen-bond acceptors (Lipinski definition) is 4. The standard InChI is InChI=1S/C15H14FNO4/c1-9-12(10(2)21-17-9)8-20-14-5-3-11(7-13(14)16)4-6-15(18)19/h3-7H,8H2,1-2H3,(H,18,19)/b6-4+. The number of rotatable bonds is 5. The van der Waals surface area contributed by atoms with Gasteiger partial charge in [-0.2, -0.15) is 0 Å². The summed E-state index contributed by atoms with van der Waals surface area (Å²) in [6, 6.07) is 4.24. The number of carbonyl (C=O) groups is 1. The molecule has 21 heavy (non-hydrogen) atoms. The van der Waals surface area contributed by atoms with Gasteiger partial charge in [-0.25, -0.2) is 9.18 Å². The molecule has 1 aromatic carbocycles. The maximum atomic E-state index is 13.9. The molecule has 1 N–H and O–H groups in total. The molecule has 0 radical (unpaired) electrons. The van der Waals surface area contributed by atoms with Crippen LogP contribution in [0.1, 0.15) is 22.6 Å². The first-order chi connectivity index (χ1) is 9.97. The number of aryl methyl sites for hydroxylation is 2. The largest absolute Gasteiger partial charge is 0.486 e. The molecule has 0 aliphatic carbocycles. The summed E-state index contributed by atoms with van der Waals surface area (Å²) in [6.07, 6.45) is 2.25. The fraction of sp³-hybridized carbons (Fsp3) is 0.200. The lowest BCUT2D eigenvalue weighted by Crippen LogP contribution is -1.99. The van der Waals surface area contributed by atoms with Gasteiger partial charge in [0.2, 0.25) is 0 Å². The van der Waals surface area contributed by atoms with Crippen LogP contribution in [0.15, 0.2) is 28.8 Å². The fourth-order valence-corrected chi connectivity index (χ4v) is 1.76. The van der Waals surface area contributed by atoms with E-state index in [1.165, 1.54) is 18.2 Å². The third-order valence-corrected chi connectivity index (χ3v) is 2.93. The Balaban J connectivity index is 2.09. The topological polar surface area (TPSA) is 72.6 Å². The SMILES string of the molecule is Cc1noc(C)c1COc1ccc(/C=C/C(=O)O)cc1F. The zero-order chi connectivity index (χ0) is 15.4. The van der Waals surface area contributed by atoms with Gasteiger partial charge in [-0.3, -0.25) is 0 Å². The molecule has 6 heteroatoms. The van der Waals surface area contributed by atoms with Crippen molar-refractivity contribution in [1.29, 1.82) is 0 Å². The first-order valence-electron chi connectivity index (χ1n) is 6.22. The lowest BCUT2D eigenvalue weighted by molar-refractivity contribution is -0.131. The van der Waals surface area contributed by atoms with Gasteiger partial charge in [-0.1, -0.05) is 11.2 Å². The van der Waals surface area contributed by atoms with E-state index < -0.39 is 11.8 Å². The van der Waals surface area contributed by atoms with E-state index >= 15 is 0 Å². The van der Waals surface area contributed by atoms with Crippen molar-refractivity contribution in [1.82, 2.24) is 5.16 Å². The van der Waals surface area contributed by atoms with Crippen LogP contribution in [0, 0.1) is 19.7 Å². The van der Waals surface area contributed by atoms with Crippen LogP contribution < -0.4 is 4.74 Å². The number of carboxylic acids is 1. The van der Waals surface area contributed by atoms with E-state index in [0.29, 0.717) is 17.0 Å². The van der Waals surface area contributed by atoms with Gasteiger partial charge in [-0.05, 0) is 37.6 Å². The van der Waals surface area contributed by atoms with Crippen LogP contribution in [0.3, 0.4) is 0 Å². The molecule has 110 valence electrons. The van der Waals surface area contributed by atoms with Crippen LogP contribution in [0.5, 0.6) is 5.75 Å². The van der Waals surface area contributed by atoms with Gasteiger partial charge in [0.25, 0.3) is 0 Å². The predicted molar refractivity (Wildman–Crippen MR) is 73.4 cm³/mol. The molecule has 2 aromatic rings. The van der Waals surface area contributed by atoms with Crippen molar-refractivity contribution < 1.29 is 23.6 Å². The van der Waals surface area contributed by atoms with Gasteiger partial charge < -0.3 is 14.4 Å². The summed E-state index contributed by atoms with van der Waals surface area (Å²) >= 11 is 0. The smallest absolute Gasteiger partial charge is 0.328 e. The predicted octanol–water partition coefficient (Wildman–Crippen LogP) is 3.11. The van der Waals surface area contributed by atoms with Crippen molar-refractivity contribution in [2.24, 2.45) is 0 Å². The number of ether oxygens (including phenoxy) is 1. The van der Waals surface area contributed by atoms with Crippen molar-refractivity contribution in [2.45, 2.75) is 20.5 Å². The second kappa shape index (κ2) is 6.21. The minimum absolute atomic E-state index is 0.0856. The highest BCUT2D eigenvalue weighted by Crippen LogP contribution is 2.22.